The second-order valence-corrected chi connectivity index (χ2v) is 4.86. The molecule has 2 rings (SSSR count). The zero-order valence-corrected chi connectivity index (χ0v) is 10.2. The van der Waals surface area contributed by atoms with Gasteiger partial charge in [0, 0.05) is 13.1 Å². The van der Waals surface area contributed by atoms with Gasteiger partial charge in [-0.25, -0.2) is 0 Å². The first-order valence-corrected chi connectivity index (χ1v) is 5.91. The number of nitrogens with one attached hydrogen (secondary N) is 1. The van der Waals surface area contributed by atoms with Gasteiger partial charge in [-0.3, -0.25) is 0 Å². The fraction of sp³-hybridized carbons (Fsp3) is 0.818. The number of nitrogens with zero attached hydrogens (tertiary/aromatic N) is 3. The zero-order valence-electron chi connectivity index (χ0n) is 10.2. The minimum atomic E-state index is 0.631. The standard InChI is InChI=1S/C11H20N4O/c1-8-4-9(2)7-15(6-8)11-14-13-10(16-11)5-12-3/h8-9,12H,4-7H2,1-3H3. The van der Waals surface area contributed by atoms with E-state index in [-0.39, 0.29) is 0 Å². The first kappa shape index (κ1) is 11.4. The highest BCUT2D eigenvalue weighted by Gasteiger charge is 2.25. The zero-order chi connectivity index (χ0) is 11.5. The van der Waals surface area contributed by atoms with Gasteiger partial charge in [-0.05, 0) is 25.3 Å². The van der Waals surface area contributed by atoms with Crippen molar-refractivity contribution in [3.63, 3.8) is 0 Å². The summed E-state index contributed by atoms with van der Waals surface area (Å²) in [7, 11) is 1.87. The van der Waals surface area contributed by atoms with Crippen LogP contribution in [0.1, 0.15) is 26.2 Å². The van der Waals surface area contributed by atoms with Crippen LogP contribution in [0.4, 0.5) is 6.01 Å². The van der Waals surface area contributed by atoms with Crippen molar-refractivity contribution in [1.29, 1.82) is 0 Å². The van der Waals surface area contributed by atoms with Crippen molar-refractivity contribution < 1.29 is 4.42 Å². The van der Waals surface area contributed by atoms with Gasteiger partial charge in [-0.15, -0.1) is 5.10 Å². The Balaban J connectivity index is 2.04. The lowest BCUT2D eigenvalue weighted by molar-refractivity contribution is 0.337. The number of anilines is 1. The van der Waals surface area contributed by atoms with E-state index in [0.717, 1.165) is 13.1 Å². The van der Waals surface area contributed by atoms with E-state index >= 15 is 0 Å². The maximum Gasteiger partial charge on any atom is 0.318 e. The van der Waals surface area contributed by atoms with Gasteiger partial charge in [0.2, 0.25) is 5.89 Å². The summed E-state index contributed by atoms with van der Waals surface area (Å²) in [6.45, 7) is 7.21. The van der Waals surface area contributed by atoms with Gasteiger partial charge in [-0.2, -0.15) is 0 Å². The largest absolute Gasteiger partial charge is 0.407 e. The molecule has 2 unspecified atom stereocenters. The van der Waals surface area contributed by atoms with Gasteiger partial charge in [0.1, 0.15) is 0 Å². The van der Waals surface area contributed by atoms with Crippen molar-refractivity contribution in [2.24, 2.45) is 11.8 Å². The van der Waals surface area contributed by atoms with Crippen molar-refractivity contribution in [1.82, 2.24) is 15.5 Å². The van der Waals surface area contributed by atoms with E-state index in [1.54, 1.807) is 0 Å². The van der Waals surface area contributed by atoms with Crippen molar-refractivity contribution in [2.75, 3.05) is 25.0 Å². The Labute approximate surface area is 96.2 Å². The van der Waals surface area contributed by atoms with Crippen LogP contribution in [0, 0.1) is 11.8 Å². The maximum absolute atomic E-state index is 5.60. The number of hydrogen-bond donors (Lipinski definition) is 1. The van der Waals surface area contributed by atoms with E-state index in [1.807, 2.05) is 7.05 Å². The predicted octanol–water partition coefficient (Wildman–Crippen LogP) is 1.27. The third-order valence-corrected chi connectivity index (χ3v) is 2.92. The molecule has 1 aliphatic rings. The van der Waals surface area contributed by atoms with Crippen molar-refractivity contribution >= 4 is 6.01 Å². The monoisotopic (exact) mass is 224 g/mol. The van der Waals surface area contributed by atoms with Crippen LogP contribution < -0.4 is 10.2 Å². The topological polar surface area (TPSA) is 54.2 Å². The van der Waals surface area contributed by atoms with E-state index in [9.17, 15) is 0 Å². The molecule has 0 radical (unpaired) electrons. The molecule has 5 heteroatoms. The van der Waals surface area contributed by atoms with E-state index in [1.165, 1.54) is 6.42 Å². The van der Waals surface area contributed by atoms with Gasteiger partial charge < -0.3 is 14.6 Å². The summed E-state index contributed by atoms with van der Waals surface area (Å²) in [5, 5.41) is 11.1. The molecule has 1 saturated heterocycles. The summed E-state index contributed by atoms with van der Waals surface area (Å²) in [5.74, 6) is 2.05. The SMILES string of the molecule is CNCc1nnc(N2CC(C)CC(C)C2)o1. The van der Waals surface area contributed by atoms with Gasteiger partial charge in [0.15, 0.2) is 0 Å². The number of aromatic nitrogens is 2. The second kappa shape index (κ2) is 4.82. The molecule has 1 aromatic heterocycles. The van der Waals surface area contributed by atoms with Crippen LogP contribution >= 0.6 is 0 Å². The molecule has 0 aliphatic carbocycles. The van der Waals surface area contributed by atoms with E-state index in [2.05, 4.69) is 34.3 Å². The Hall–Kier alpha value is -1.10. The van der Waals surface area contributed by atoms with E-state index < -0.39 is 0 Å². The smallest absolute Gasteiger partial charge is 0.318 e. The summed E-state index contributed by atoms with van der Waals surface area (Å²) in [4.78, 5) is 2.20. The van der Waals surface area contributed by atoms with Crippen LogP contribution in [-0.2, 0) is 6.54 Å². The molecule has 1 fully saturated rings. The summed E-state index contributed by atoms with van der Waals surface area (Å²) in [6, 6.07) is 0.670. The first-order valence-electron chi connectivity index (χ1n) is 5.91. The van der Waals surface area contributed by atoms with E-state index in [4.69, 9.17) is 4.42 Å². The summed E-state index contributed by atoms with van der Waals surface area (Å²) in [5.41, 5.74) is 0. The predicted molar refractivity (Wildman–Crippen MR) is 62.2 cm³/mol. The molecular weight excluding hydrogens is 204 g/mol. The van der Waals surface area contributed by atoms with Gasteiger partial charge in [0.05, 0.1) is 6.54 Å². The Morgan fingerprint density at radius 3 is 2.62 bits per heavy atom. The third-order valence-electron chi connectivity index (χ3n) is 2.92. The minimum absolute atomic E-state index is 0.631. The van der Waals surface area contributed by atoms with Crippen LogP contribution in [0.2, 0.25) is 0 Å². The highest BCUT2D eigenvalue weighted by molar-refractivity contribution is 5.25. The Morgan fingerprint density at radius 2 is 2.00 bits per heavy atom. The van der Waals surface area contributed by atoms with Crippen LogP contribution in [0.3, 0.4) is 0 Å². The molecule has 0 saturated carbocycles. The summed E-state index contributed by atoms with van der Waals surface area (Å²) < 4.78 is 5.60. The second-order valence-electron chi connectivity index (χ2n) is 4.86. The van der Waals surface area contributed by atoms with Gasteiger partial charge in [-0.1, -0.05) is 18.9 Å². The fourth-order valence-electron chi connectivity index (χ4n) is 2.41. The third kappa shape index (κ3) is 2.52. The normalized spacial score (nSPS) is 26.1. The number of hydrogen-bond acceptors (Lipinski definition) is 5. The first-order chi connectivity index (χ1) is 7.69. The molecule has 0 bridgehead atoms. The lowest BCUT2D eigenvalue weighted by atomic mass is 9.92. The highest BCUT2D eigenvalue weighted by atomic mass is 16.4. The van der Waals surface area contributed by atoms with Crippen molar-refractivity contribution in [3.8, 4) is 0 Å². The Bertz CT molecular complexity index is 328. The fourth-order valence-corrected chi connectivity index (χ4v) is 2.41. The molecule has 16 heavy (non-hydrogen) atoms. The summed E-state index contributed by atoms with van der Waals surface area (Å²) in [6.07, 6.45) is 1.29. The molecule has 1 N–H and O–H groups in total. The van der Waals surface area contributed by atoms with Crippen LogP contribution in [0.5, 0.6) is 0 Å². The number of piperidine rings is 1. The molecule has 1 aromatic rings. The molecule has 1 aliphatic heterocycles. The van der Waals surface area contributed by atoms with Crippen LogP contribution in [0.25, 0.3) is 0 Å². The highest BCUT2D eigenvalue weighted by Crippen LogP contribution is 2.25. The lowest BCUT2D eigenvalue weighted by Gasteiger charge is -2.33. The van der Waals surface area contributed by atoms with Crippen molar-refractivity contribution in [2.45, 2.75) is 26.8 Å². The van der Waals surface area contributed by atoms with Gasteiger partial charge in [0.25, 0.3) is 0 Å². The molecule has 0 spiro atoms. The Morgan fingerprint density at radius 1 is 1.31 bits per heavy atom. The van der Waals surface area contributed by atoms with Crippen LogP contribution in [0.15, 0.2) is 4.42 Å². The molecule has 2 heterocycles. The molecule has 5 nitrogen and oxygen atoms in total. The van der Waals surface area contributed by atoms with E-state index in [0.29, 0.717) is 30.3 Å². The minimum Gasteiger partial charge on any atom is -0.407 e. The Kier molecular flexibility index (Phi) is 3.43. The molecule has 90 valence electrons. The van der Waals surface area contributed by atoms with Crippen LogP contribution in [-0.4, -0.2) is 30.3 Å². The number of rotatable bonds is 3. The molecule has 2 atom stereocenters. The molecule has 0 aromatic carbocycles. The average molecular weight is 224 g/mol. The van der Waals surface area contributed by atoms with Gasteiger partial charge >= 0.3 is 6.01 Å². The maximum atomic E-state index is 5.60. The quantitative estimate of drug-likeness (QED) is 0.838. The van der Waals surface area contributed by atoms with Crippen molar-refractivity contribution in [3.05, 3.63) is 5.89 Å². The molecular formula is C11H20N4O. The average Bonchev–Trinajstić information content (AvgIpc) is 2.65. The summed E-state index contributed by atoms with van der Waals surface area (Å²) >= 11 is 0. The molecule has 0 amide bonds. The lowest BCUT2D eigenvalue weighted by Crippen LogP contribution is -2.38.